The number of hydrogen-bond donors (Lipinski definition) is 1. The van der Waals surface area contributed by atoms with Crippen molar-refractivity contribution in [3.05, 3.63) is 35.4 Å². The number of nitrogens with one attached hydrogen (secondary N) is 1. The zero-order valence-electron chi connectivity index (χ0n) is 8.97. The molecule has 1 heterocycles. The minimum absolute atomic E-state index is 0.159. The monoisotopic (exact) mass is 230 g/mol. The first-order valence-electron chi connectivity index (χ1n) is 5.41. The predicted molar refractivity (Wildman–Crippen MR) is 58.1 cm³/mol. The highest BCUT2D eigenvalue weighted by atomic mass is 16.2. The summed E-state index contributed by atoms with van der Waals surface area (Å²) in [6, 6.07) is 7.31. The second-order valence-electron chi connectivity index (χ2n) is 4.27. The predicted octanol–water partition coefficient (Wildman–Crippen LogP) is 0.405. The van der Waals surface area contributed by atoms with Gasteiger partial charge in [-0.2, -0.15) is 0 Å². The molecule has 1 N–H and O–H groups in total. The summed E-state index contributed by atoms with van der Waals surface area (Å²) >= 11 is 0. The van der Waals surface area contributed by atoms with Crippen LogP contribution in [0.1, 0.15) is 17.0 Å². The van der Waals surface area contributed by atoms with Gasteiger partial charge in [0.25, 0.3) is 0 Å². The second kappa shape index (κ2) is 3.41. The number of urea groups is 1. The van der Waals surface area contributed by atoms with E-state index in [4.69, 9.17) is 0 Å². The average Bonchev–Trinajstić information content (AvgIpc) is 2.52. The molecular formula is C12H10N2O3. The molecule has 0 radical (unpaired) electrons. The lowest BCUT2D eigenvalue weighted by atomic mass is 9.77. The molecule has 1 aromatic carbocycles. The van der Waals surface area contributed by atoms with E-state index in [-0.39, 0.29) is 12.5 Å². The van der Waals surface area contributed by atoms with Crippen LogP contribution in [-0.4, -0.2) is 29.3 Å². The van der Waals surface area contributed by atoms with Crippen molar-refractivity contribution in [2.24, 2.45) is 0 Å². The van der Waals surface area contributed by atoms with Gasteiger partial charge in [0, 0.05) is 12.5 Å². The summed E-state index contributed by atoms with van der Waals surface area (Å²) in [6.07, 6.45) is 0.849. The number of benzene rings is 1. The van der Waals surface area contributed by atoms with E-state index in [2.05, 4.69) is 0 Å². The molecule has 1 unspecified atom stereocenters. The molecule has 86 valence electrons. The number of hydrogen-bond acceptors (Lipinski definition) is 3. The lowest BCUT2D eigenvalue weighted by Gasteiger charge is -2.31. The first kappa shape index (κ1) is 10.0. The number of carbonyl (C=O) groups is 3. The molecule has 1 aliphatic carbocycles. The third kappa shape index (κ3) is 1.43. The van der Waals surface area contributed by atoms with Crippen LogP contribution in [0.25, 0.3) is 0 Å². The maximum absolute atomic E-state index is 11.4. The molecule has 17 heavy (non-hydrogen) atoms. The molecule has 1 fully saturated rings. The Morgan fingerprint density at radius 3 is 2.65 bits per heavy atom. The lowest BCUT2D eigenvalue weighted by molar-refractivity contribution is -0.140. The van der Waals surface area contributed by atoms with Crippen LogP contribution in [0.3, 0.4) is 0 Å². The summed E-state index contributed by atoms with van der Waals surface area (Å²) < 4.78 is 0. The number of rotatable bonds is 2. The van der Waals surface area contributed by atoms with Crippen LogP contribution < -0.4 is 5.32 Å². The molecule has 0 bridgehead atoms. The minimum Gasteiger partial charge on any atom is -0.269 e. The highest BCUT2D eigenvalue weighted by Gasteiger charge is 2.40. The van der Waals surface area contributed by atoms with Crippen LogP contribution in [0.15, 0.2) is 24.3 Å². The smallest absolute Gasteiger partial charge is 0.269 e. The van der Waals surface area contributed by atoms with E-state index in [1.807, 2.05) is 29.6 Å². The van der Waals surface area contributed by atoms with Crippen molar-refractivity contribution in [1.82, 2.24) is 10.2 Å². The van der Waals surface area contributed by atoms with Crippen molar-refractivity contribution in [3.8, 4) is 0 Å². The normalized spacial score (nSPS) is 22.2. The molecule has 1 aliphatic heterocycles. The summed E-state index contributed by atoms with van der Waals surface area (Å²) in [4.78, 5) is 34.7. The number of fused-ring (bicyclic) bond motifs is 1. The molecule has 0 aromatic heterocycles. The molecule has 1 saturated heterocycles. The molecule has 0 spiro atoms. The van der Waals surface area contributed by atoms with E-state index < -0.39 is 17.8 Å². The van der Waals surface area contributed by atoms with Crippen LogP contribution in [0, 0.1) is 0 Å². The van der Waals surface area contributed by atoms with Gasteiger partial charge in [0.1, 0.15) is 0 Å². The first-order valence-corrected chi connectivity index (χ1v) is 5.41. The second-order valence-corrected chi connectivity index (χ2v) is 4.27. The van der Waals surface area contributed by atoms with Gasteiger partial charge in [-0.3, -0.25) is 19.8 Å². The molecule has 5 heteroatoms. The first-order chi connectivity index (χ1) is 8.16. The Morgan fingerprint density at radius 2 is 2.00 bits per heavy atom. The Kier molecular flexibility index (Phi) is 2.01. The van der Waals surface area contributed by atoms with Crippen molar-refractivity contribution in [1.29, 1.82) is 0 Å². The Labute approximate surface area is 97.4 Å². The zero-order chi connectivity index (χ0) is 12.0. The van der Waals surface area contributed by atoms with Crippen molar-refractivity contribution in [3.63, 3.8) is 0 Å². The van der Waals surface area contributed by atoms with Gasteiger partial charge in [-0.05, 0) is 17.5 Å². The van der Waals surface area contributed by atoms with E-state index in [1.54, 1.807) is 0 Å². The molecular weight excluding hydrogens is 220 g/mol. The van der Waals surface area contributed by atoms with E-state index in [1.165, 1.54) is 5.56 Å². The fourth-order valence-corrected chi connectivity index (χ4v) is 2.34. The Morgan fingerprint density at radius 1 is 1.24 bits per heavy atom. The Hall–Kier alpha value is -2.17. The van der Waals surface area contributed by atoms with Gasteiger partial charge in [0.05, 0.1) is 0 Å². The fourth-order valence-electron chi connectivity index (χ4n) is 2.34. The molecule has 5 nitrogen and oxygen atoms in total. The van der Waals surface area contributed by atoms with Gasteiger partial charge in [-0.15, -0.1) is 0 Å². The number of carbonyl (C=O) groups excluding carboxylic acids is 3. The van der Waals surface area contributed by atoms with Crippen LogP contribution in [0.2, 0.25) is 0 Å². The largest absolute Gasteiger partial charge is 0.331 e. The van der Waals surface area contributed by atoms with Crippen LogP contribution in [-0.2, 0) is 16.0 Å². The Balaban J connectivity index is 1.76. The molecule has 3 rings (SSSR count). The van der Waals surface area contributed by atoms with Crippen molar-refractivity contribution >= 4 is 17.8 Å². The van der Waals surface area contributed by atoms with Gasteiger partial charge in [-0.25, -0.2) is 4.79 Å². The molecule has 2 aliphatic rings. The van der Waals surface area contributed by atoms with Gasteiger partial charge < -0.3 is 0 Å². The van der Waals surface area contributed by atoms with Crippen molar-refractivity contribution in [2.45, 2.75) is 12.3 Å². The molecule has 1 aromatic rings. The quantitative estimate of drug-likeness (QED) is 0.591. The van der Waals surface area contributed by atoms with Gasteiger partial charge in [0.2, 0.25) is 0 Å². The fraction of sp³-hybridized carbons (Fsp3) is 0.250. The SMILES string of the molecule is O=C1NC(=O)N(CC2Cc3ccccc32)C1=O. The van der Waals surface area contributed by atoms with Gasteiger partial charge in [0.15, 0.2) is 0 Å². The van der Waals surface area contributed by atoms with Crippen molar-refractivity contribution < 1.29 is 14.4 Å². The Bertz CT molecular complexity index is 538. The van der Waals surface area contributed by atoms with Crippen LogP contribution in [0.5, 0.6) is 0 Å². The van der Waals surface area contributed by atoms with Gasteiger partial charge in [-0.1, -0.05) is 24.3 Å². The number of amides is 4. The molecule has 4 amide bonds. The van der Waals surface area contributed by atoms with E-state index in [9.17, 15) is 14.4 Å². The van der Waals surface area contributed by atoms with E-state index in [0.717, 1.165) is 16.9 Å². The summed E-state index contributed by atoms with van der Waals surface area (Å²) in [6.45, 7) is 0.285. The molecule has 1 atom stereocenters. The average molecular weight is 230 g/mol. The minimum atomic E-state index is -0.831. The summed E-state index contributed by atoms with van der Waals surface area (Å²) in [5.74, 6) is -1.42. The zero-order valence-corrected chi connectivity index (χ0v) is 8.97. The molecule has 0 saturated carbocycles. The third-order valence-corrected chi connectivity index (χ3v) is 3.27. The standard InChI is InChI=1S/C12H10N2O3/c15-10-11(16)14(12(17)13-10)6-8-5-7-3-1-2-4-9(7)8/h1-4,8H,5-6H2,(H,13,15,17). The van der Waals surface area contributed by atoms with Gasteiger partial charge >= 0.3 is 17.8 Å². The number of imide groups is 2. The summed E-state index contributed by atoms with van der Waals surface area (Å²) in [5, 5.41) is 1.99. The van der Waals surface area contributed by atoms with E-state index >= 15 is 0 Å². The lowest BCUT2D eigenvalue weighted by Crippen LogP contribution is -2.38. The topological polar surface area (TPSA) is 66.5 Å². The summed E-state index contributed by atoms with van der Waals surface area (Å²) in [7, 11) is 0. The van der Waals surface area contributed by atoms with Crippen molar-refractivity contribution in [2.75, 3.05) is 6.54 Å². The maximum atomic E-state index is 11.4. The highest BCUT2D eigenvalue weighted by molar-refractivity contribution is 6.44. The van der Waals surface area contributed by atoms with E-state index in [0.29, 0.717) is 0 Å². The summed E-state index contributed by atoms with van der Waals surface area (Å²) in [5.41, 5.74) is 2.41. The maximum Gasteiger partial charge on any atom is 0.331 e. The van der Waals surface area contributed by atoms with Crippen LogP contribution >= 0.6 is 0 Å². The third-order valence-electron chi connectivity index (χ3n) is 3.27. The van der Waals surface area contributed by atoms with Crippen LogP contribution in [0.4, 0.5) is 4.79 Å². The highest BCUT2D eigenvalue weighted by Crippen LogP contribution is 2.35. The number of nitrogens with zero attached hydrogens (tertiary/aromatic N) is 1.